The SMILES string of the molecule is COc1ccc(N2CCNC3(CCCCC3)C2)cc1Cl. The number of anilines is 1. The maximum Gasteiger partial charge on any atom is 0.137 e. The Bertz CT molecular complexity index is 466. The van der Waals surface area contributed by atoms with E-state index in [9.17, 15) is 0 Å². The number of nitrogens with one attached hydrogen (secondary N) is 1. The number of benzene rings is 1. The van der Waals surface area contributed by atoms with E-state index in [1.54, 1.807) is 7.11 Å². The van der Waals surface area contributed by atoms with Crippen LogP contribution < -0.4 is 15.0 Å². The Kier molecular flexibility index (Phi) is 4.08. The number of rotatable bonds is 2. The number of hydrogen-bond donors (Lipinski definition) is 1. The minimum atomic E-state index is 0.322. The zero-order valence-electron chi connectivity index (χ0n) is 12.1. The molecule has 1 heterocycles. The second-order valence-corrected chi connectivity index (χ2v) is 6.42. The van der Waals surface area contributed by atoms with Crippen molar-refractivity contribution in [3.63, 3.8) is 0 Å². The third kappa shape index (κ3) is 2.75. The lowest BCUT2D eigenvalue weighted by Gasteiger charge is -2.47. The third-order valence-electron chi connectivity index (χ3n) is 4.69. The second kappa shape index (κ2) is 5.82. The number of nitrogens with zero attached hydrogens (tertiary/aromatic N) is 1. The quantitative estimate of drug-likeness (QED) is 0.904. The lowest BCUT2D eigenvalue weighted by molar-refractivity contribution is 0.216. The van der Waals surface area contributed by atoms with E-state index < -0.39 is 0 Å². The van der Waals surface area contributed by atoms with Crippen LogP contribution in [0.3, 0.4) is 0 Å². The topological polar surface area (TPSA) is 24.5 Å². The molecule has 1 N–H and O–H groups in total. The number of halogens is 1. The van der Waals surface area contributed by atoms with Crippen LogP contribution in [0.15, 0.2) is 18.2 Å². The summed E-state index contributed by atoms with van der Waals surface area (Å²) >= 11 is 6.26. The van der Waals surface area contributed by atoms with E-state index in [4.69, 9.17) is 16.3 Å². The van der Waals surface area contributed by atoms with Gasteiger partial charge in [-0.05, 0) is 31.0 Å². The molecule has 110 valence electrons. The zero-order chi connectivity index (χ0) is 14.0. The molecular formula is C16H23ClN2O. The van der Waals surface area contributed by atoms with Crippen LogP contribution in [-0.2, 0) is 0 Å². The van der Waals surface area contributed by atoms with Crippen molar-refractivity contribution in [3.05, 3.63) is 23.2 Å². The lowest BCUT2D eigenvalue weighted by atomic mass is 9.80. The smallest absolute Gasteiger partial charge is 0.137 e. The summed E-state index contributed by atoms with van der Waals surface area (Å²) < 4.78 is 5.23. The molecule has 1 saturated heterocycles. The molecule has 0 aromatic heterocycles. The molecule has 0 radical (unpaired) electrons. The lowest BCUT2D eigenvalue weighted by Crippen LogP contribution is -2.61. The Morgan fingerprint density at radius 1 is 1.25 bits per heavy atom. The molecule has 3 rings (SSSR count). The molecule has 1 spiro atoms. The molecule has 1 aliphatic heterocycles. The van der Waals surface area contributed by atoms with Crippen molar-refractivity contribution in [2.24, 2.45) is 0 Å². The summed E-state index contributed by atoms with van der Waals surface area (Å²) in [5, 5.41) is 4.47. The Labute approximate surface area is 126 Å². The van der Waals surface area contributed by atoms with Gasteiger partial charge in [0.15, 0.2) is 0 Å². The molecule has 1 aliphatic carbocycles. The first-order valence-corrected chi connectivity index (χ1v) is 7.94. The third-order valence-corrected chi connectivity index (χ3v) is 4.98. The molecular weight excluding hydrogens is 272 g/mol. The zero-order valence-corrected chi connectivity index (χ0v) is 12.9. The molecule has 1 saturated carbocycles. The Morgan fingerprint density at radius 3 is 2.75 bits per heavy atom. The van der Waals surface area contributed by atoms with Gasteiger partial charge in [-0.3, -0.25) is 0 Å². The van der Waals surface area contributed by atoms with Crippen LogP contribution >= 0.6 is 11.6 Å². The highest BCUT2D eigenvalue weighted by Gasteiger charge is 2.36. The van der Waals surface area contributed by atoms with Gasteiger partial charge in [-0.1, -0.05) is 30.9 Å². The fourth-order valence-corrected chi connectivity index (χ4v) is 3.84. The van der Waals surface area contributed by atoms with Crippen molar-refractivity contribution in [2.45, 2.75) is 37.6 Å². The van der Waals surface area contributed by atoms with Crippen LogP contribution in [0, 0.1) is 0 Å². The van der Waals surface area contributed by atoms with Gasteiger partial charge in [0.2, 0.25) is 0 Å². The van der Waals surface area contributed by atoms with E-state index >= 15 is 0 Å². The molecule has 2 aliphatic rings. The first-order chi connectivity index (χ1) is 9.72. The first kappa shape index (κ1) is 14.0. The van der Waals surface area contributed by atoms with E-state index in [1.807, 2.05) is 12.1 Å². The van der Waals surface area contributed by atoms with Crippen molar-refractivity contribution in [1.29, 1.82) is 0 Å². The summed E-state index contributed by atoms with van der Waals surface area (Å²) in [5.41, 5.74) is 1.53. The summed E-state index contributed by atoms with van der Waals surface area (Å²) in [4.78, 5) is 2.47. The van der Waals surface area contributed by atoms with E-state index in [1.165, 1.54) is 37.8 Å². The van der Waals surface area contributed by atoms with Crippen LogP contribution in [0.5, 0.6) is 5.75 Å². The minimum absolute atomic E-state index is 0.322. The molecule has 0 amide bonds. The summed E-state index contributed by atoms with van der Waals surface area (Å²) in [5.74, 6) is 0.748. The van der Waals surface area contributed by atoms with Gasteiger partial charge in [-0.15, -0.1) is 0 Å². The Hall–Kier alpha value is -0.930. The van der Waals surface area contributed by atoms with Crippen LogP contribution in [-0.4, -0.2) is 32.3 Å². The molecule has 1 aromatic carbocycles. The average molecular weight is 295 g/mol. The maximum atomic E-state index is 6.26. The molecule has 20 heavy (non-hydrogen) atoms. The van der Waals surface area contributed by atoms with Gasteiger partial charge < -0.3 is 15.0 Å². The van der Waals surface area contributed by atoms with E-state index in [0.717, 1.165) is 25.4 Å². The van der Waals surface area contributed by atoms with Crippen molar-refractivity contribution >= 4 is 17.3 Å². The van der Waals surface area contributed by atoms with E-state index in [-0.39, 0.29) is 0 Å². The molecule has 1 aromatic rings. The van der Waals surface area contributed by atoms with Crippen LogP contribution in [0.1, 0.15) is 32.1 Å². The first-order valence-electron chi connectivity index (χ1n) is 7.56. The van der Waals surface area contributed by atoms with Crippen molar-refractivity contribution in [1.82, 2.24) is 5.32 Å². The maximum absolute atomic E-state index is 6.26. The number of piperazine rings is 1. The highest BCUT2D eigenvalue weighted by Crippen LogP contribution is 2.34. The highest BCUT2D eigenvalue weighted by molar-refractivity contribution is 6.32. The van der Waals surface area contributed by atoms with E-state index in [0.29, 0.717) is 10.6 Å². The fraction of sp³-hybridized carbons (Fsp3) is 0.625. The van der Waals surface area contributed by atoms with Gasteiger partial charge >= 0.3 is 0 Å². The van der Waals surface area contributed by atoms with Gasteiger partial charge in [0.25, 0.3) is 0 Å². The standard InChI is InChI=1S/C16H23ClN2O/c1-20-15-6-5-13(11-14(15)17)19-10-9-18-16(12-19)7-3-2-4-8-16/h5-6,11,18H,2-4,7-10,12H2,1H3. The molecule has 0 atom stereocenters. The van der Waals surface area contributed by atoms with Crippen LogP contribution in [0.2, 0.25) is 5.02 Å². The van der Waals surface area contributed by atoms with Crippen molar-refractivity contribution in [3.8, 4) is 5.75 Å². The molecule has 0 bridgehead atoms. The van der Waals surface area contributed by atoms with E-state index in [2.05, 4.69) is 16.3 Å². The summed E-state index contributed by atoms with van der Waals surface area (Å²) in [6.45, 7) is 3.20. The van der Waals surface area contributed by atoms with Gasteiger partial charge in [-0.2, -0.15) is 0 Å². The van der Waals surface area contributed by atoms with Crippen LogP contribution in [0.4, 0.5) is 5.69 Å². The predicted molar refractivity (Wildman–Crippen MR) is 84.0 cm³/mol. The van der Waals surface area contributed by atoms with Crippen LogP contribution in [0.25, 0.3) is 0 Å². The van der Waals surface area contributed by atoms with Crippen molar-refractivity contribution in [2.75, 3.05) is 31.6 Å². The van der Waals surface area contributed by atoms with Gasteiger partial charge in [0, 0.05) is 30.9 Å². The molecule has 4 heteroatoms. The summed E-state index contributed by atoms with van der Waals surface area (Å²) in [6.07, 6.45) is 6.69. The average Bonchev–Trinajstić information content (AvgIpc) is 2.48. The fourth-order valence-electron chi connectivity index (χ4n) is 3.59. The normalized spacial score (nSPS) is 22.0. The number of methoxy groups -OCH3 is 1. The molecule has 0 unspecified atom stereocenters. The van der Waals surface area contributed by atoms with Gasteiger partial charge in [-0.25, -0.2) is 0 Å². The highest BCUT2D eigenvalue weighted by atomic mass is 35.5. The number of hydrogen-bond acceptors (Lipinski definition) is 3. The Morgan fingerprint density at radius 2 is 2.05 bits per heavy atom. The molecule has 2 fully saturated rings. The van der Waals surface area contributed by atoms with Gasteiger partial charge in [0.05, 0.1) is 12.1 Å². The molecule has 3 nitrogen and oxygen atoms in total. The number of ether oxygens (including phenoxy) is 1. The predicted octanol–water partition coefficient (Wildman–Crippen LogP) is 3.46. The Balaban J connectivity index is 1.78. The monoisotopic (exact) mass is 294 g/mol. The largest absolute Gasteiger partial charge is 0.495 e. The van der Waals surface area contributed by atoms with Crippen molar-refractivity contribution < 1.29 is 4.74 Å². The van der Waals surface area contributed by atoms with Gasteiger partial charge in [0.1, 0.15) is 5.75 Å². The summed E-state index contributed by atoms with van der Waals surface area (Å²) in [7, 11) is 1.66. The minimum Gasteiger partial charge on any atom is -0.495 e. The summed E-state index contributed by atoms with van der Waals surface area (Å²) in [6, 6.07) is 6.11. The second-order valence-electron chi connectivity index (χ2n) is 6.01.